The van der Waals surface area contributed by atoms with Gasteiger partial charge in [0.2, 0.25) is 0 Å². The van der Waals surface area contributed by atoms with Crippen LogP contribution >= 0.6 is 0 Å². The molecule has 0 aromatic heterocycles. The summed E-state index contributed by atoms with van der Waals surface area (Å²) in [6.45, 7) is 14.8. The third-order valence-electron chi connectivity index (χ3n) is 11.5. The molecule has 0 unspecified atom stereocenters. The molecule has 0 aromatic carbocycles. The molecule has 0 heterocycles. The molecule has 2 rings (SSSR count). The summed E-state index contributed by atoms with van der Waals surface area (Å²) in [5.74, 6) is 1.39. The molecule has 3 heteroatoms. The molecule has 2 fully saturated rings. The van der Waals surface area contributed by atoms with Crippen LogP contribution in [0.2, 0.25) is 28.1 Å². The first-order chi connectivity index (χ1) is 18.0. The van der Waals surface area contributed by atoms with E-state index in [0.717, 1.165) is 7.36 Å². The summed E-state index contributed by atoms with van der Waals surface area (Å²) in [7, 11) is 0. The molecule has 0 spiro atoms. The van der Waals surface area contributed by atoms with Gasteiger partial charge in [0.1, 0.15) is 0 Å². The van der Waals surface area contributed by atoms with E-state index in [4.69, 9.17) is 0 Å². The summed E-state index contributed by atoms with van der Waals surface area (Å²) < 4.78 is 10.9. The summed E-state index contributed by atoms with van der Waals surface area (Å²) >= 11 is -5.13. The maximum absolute atomic E-state index is 12.3. The van der Waals surface area contributed by atoms with E-state index in [1.807, 2.05) is 0 Å². The summed E-state index contributed by atoms with van der Waals surface area (Å²) in [5, 5.41) is 12.3. The van der Waals surface area contributed by atoms with E-state index in [1.54, 1.807) is 26.6 Å². The molecule has 0 aromatic rings. The van der Waals surface area contributed by atoms with Gasteiger partial charge in [0.25, 0.3) is 0 Å². The van der Waals surface area contributed by atoms with Gasteiger partial charge in [0.15, 0.2) is 0 Å². The summed E-state index contributed by atoms with van der Waals surface area (Å²) in [4.78, 5) is 0. The maximum atomic E-state index is 12.3. The molecule has 1 N–H and O–H groups in total. The van der Waals surface area contributed by atoms with Crippen molar-refractivity contribution in [1.82, 2.24) is 0 Å². The fourth-order valence-electron chi connectivity index (χ4n) is 9.47. The van der Waals surface area contributed by atoms with Crippen LogP contribution in [0.3, 0.4) is 0 Å². The van der Waals surface area contributed by atoms with Crippen molar-refractivity contribution in [2.75, 3.05) is 0 Å². The first kappa shape index (κ1) is 34.8. The van der Waals surface area contributed by atoms with Gasteiger partial charge < -0.3 is 0 Å². The van der Waals surface area contributed by atoms with Gasteiger partial charge in [-0.3, -0.25) is 0 Å². The van der Waals surface area contributed by atoms with Crippen LogP contribution in [0.1, 0.15) is 157 Å². The van der Waals surface area contributed by atoms with Crippen molar-refractivity contribution in [3.63, 3.8) is 0 Å². The van der Waals surface area contributed by atoms with Crippen molar-refractivity contribution >= 4 is 36.8 Å². The molecule has 0 saturated heterocycles. The van der Waals surface area contributed by atoms with Crippen molar-refractivity contribution in [1.29, 1.82) is 0 Å². The van der Waals surface area contributed by atoms with Crippen molar-refractivity contribution in [3.8, 4) is 0 Å². The molecule has 0 aliphatic heterocycles. The fraction of sp³-hybridized carbons (Fsp3) is 1.00. The Hall–Kier alpha value is 1.56. The third-order valence-corrected chi connectivity index (χ3v) is 68.3. The van der Waals surface area contributed by atoms with Crippen LogP contribution in [0.25, 0.3) is 0 Å². The minimum absolute atomic E-state index is 0.0576. The first-order valence-electron chi connectivity index (χ1n) is 17.7. The second-order valence-corrected chi connectivity index (χ2v) is 46.2. The Kier molecular flexibility index (Phi) is 17.1. The topological polar surface area (TPSA) is 20.2 Å². The van der Waals surface area contributed by atoms with Crippen LogP contribution in [-0.2, 0) is 0 Å². The van der Waals surface area contributed by atoms with Crippen molar-refractivity contribution < 1.29 is 5.11 Å². The number of hydrogen-bond donors (Lipinski definition) is 1. The van der Waals surface area contributed by atoms with E-state index < -0.39 is 36.8 Å². The van der Waals surface area contributed by atoms with E-state index >= 15 is 0 Å². The van der Waals surface area contributed by atoms with Crippen LogP contribution in [0.15, 0.2) is 0 Å². The monoisotopic (exact) mass is 734 g/mol. The normalized spacial score (nSPS) is 21.3. The molecule has 0 bridgehead atoms. The van der Waals surface area contributed by atoms with Gasteiger partial charge in [0.05, 0.1) is 0 Å². The van der Waals surface area contributed by atoms with E-state index in [2.05, 4.69) is 41.5 Å². The van der Waals surface area contributed by atoms with E-state index in [1.165, 1.54) is 116 Å². The molecule has 37 heavy (non-hydrogen) atoms. The molecule has 2 atom stereocenters. The van der Waals surface area contributed by atoms with Crippen molar-refractivity contribution in [3.05, 3.63) is 0 Å². The second-order valence-electron chi connectivity index (χ2n) is 13.9. The van der Waals surface area contributed by atoms with Gasteiger partial charge in [-0.25, -0.2) is 0 Å². The van der Waals surface area contributed by atoms with Gasteiger partial charge >= 0.3 is 245 Å². The van der Waals surface area contributed by atoms with Gasteiger partial charge in [-0.05, 0) is 0 Å². The first-order valence-corrected chi connectivity index (χ1v) is 32.6. The van der Waals surface area contributed by atoms with Crippen molar-refractivity contribution in [2.24, 2.45) is 11.8 Å². The minimum atomic E-state index is -2.56. The molecule has 0 amide bonds. The average molecular weight is 732 g/mol. The molecule has 2 saturated carbocycles. The Morgan fingerprint density at radius 3 is 1.19 bits per heavy atom. The molecule has 0 radical (unpaired) electrons. The zero-order valence-corrected chi connectivity index (χ0v) is 32.4. The van der Waals surface area contributed by atoms with E-state index in [9.17, 15) is 5.11 Å². The molecular formula is C34H70OSn2. The molecule has 2 aliphatic carbocycles. The number of aliphatic hydroxyl groups excluding tert-OH is 1. The summed E-state index contributed by atoms with van der Waals surface area (Å²) in [6, 6.07) is 0. The zero-order valence-electron chi connectivity index (χ0n) is 26.6. The van der Waals surface area contributed by atoms with Crippen LogP contribution < -0.4 is 0 Å². The molecular weight excluding hydrogens is 662 g/mol. The number of rotatable bonds is 22. The number of unbranched alkanes of at least 4 members (excludes halogenated alkanes) is 6. The third kappa shape index (κ3) is 8.54. The van der Waals surface area contributed by atoms with Gasteiger partial charge in [-0.2, -0.15) is 0 Å². The molecule has 1 nitrogen and oxygen atoms in total. The van der Waals surface area contributed by atoms with Crippen LogP contribution in [0.5, 0.6) is 0 Å². The SMILES string of the molecule is CCC[CH2][Sn]([CH2]CCC)([CH2]CCC)[C]1([Sn]([CH2]CCC)([CH2]CCC)[CH2]CCC)C[C@@H]1[C@H](O)C1CCCCC1. The molecule has 2 aliphatic rings. The van der Waals surface area contributed by atoms with Gasteiger partial charge in [0, 0.05) is 0 Å². The Morgan fingerprint density at radius 2 is 0.892 bits per heavy atom. The Morgan fingerprint density at radius 1 is 0.568 bits per heavy atom. The van der Waals surface area contributed by atoms with Gasteiger partial charge in [-0.1, -0.05) is 0 Å². The predicted molar refractivity (Wildman–Crippen MR) is 173 cm³/mol. The Balaban J connectivity index is 2.69. The quantitative estimate of drug-likeness (QED) is 0.110. The van der Waals surface area contributed by atoms with Gasteiger partial charge in [-0.15, -0.1) is 0 Å². The van der Waals surface area contributed by atoms with Crippen LogP contribution in [0, 0.1) is 11.8 Å². The summed E-state index contributed by atoms with van der Waals surface area (Å²) in [5.41, 5.74) is 0. The van der Waals surface area contributed by atoms with Crippen molar-refractivity contribution in [2.45, 2.75) is 191 Å². The average Bonchev–Trinajstić information content (AvgIpc) is 3.70. The van der Waals surface area contributed by atoms with Crippen LogP contribution in [-0.4, -0.2) is 48.0 Å². The second kappa shape index (κ2) is 18.2. The molecule has 220 valence electrons. The summed E-state index contributed by atoms with van der Waals surface area (Å²) in [6.07, 6.45) is 25.8. The standard InChI is InChI=1S/C10H16O.6C4H9.2Sn/c11-10(9-6-7-9)8-4-2-1-3-5-8;6*1-3-4-2;;/h8-11H,1-6H2;6*1,3-4H2,2H3;;/t9-,10+;;;;;;;;/m0......../s1. The number of hydrogen-bond acceptors (Lipinski definition) is 1. The fourth-order valence-corrected chi connectivity index (χ4v) is 87.3. The Bertz CT molecular complexity index is 509. The van der Waals surface area contributed by atoms with E-state index in [-0.39, 0.29) is 6.10 Å². The Labute approximate surface area is 243 Å². The number of aliphatic hydroxyl groups is 1. The van der Waals surface area contributed by atoms with E-state index in [0.29, 0.717) is 5.92 Å². The van der Waals surface area contributed by atoms with Crippen LogP contribution in [0.4, 0.5) is 0 Å². The predicted octanol–water partition coefficient (Wildman–Crippen LogP) is 11.9. The zero-order chi connectivity index (χ0) is 27.2.